The Morgan fingerprint density at radius 3 is 2.56 bits per heavy atom. The molecule has 18 heavy (non-hydrogen) atoms. The van der Waals surface area contributed by atoms with E-state index in [1.54, 1.807) is 0 Å². The molecule has 0 unspecified atom stereocenters. The van der Waals surface area contributed by atoms with Crippen molar-refractivity contribution in [1.29, 1.82) is 0 Å². The number of halogens is 4. The lowest BCUT2D eigenvalue weighted by molar-refractivity contribution is -0.138. The zero-order valence-corrected chi connectivity index (χ0v) is 11.0. The first kappa shape index (κ1) is 13.4. The van der Waals surface area contributed by atoms with E-state index in [1.807, 2.05) is 0 Å². The molecule has 1 aromatic rings. The van der Waals surface area contributed by atoms with Crippen LogP contribution in [-0.4, -0.2) is 12.5 Å². The molecule has 6 heteroatoms. The van der Waals surface area contributed by atoms with Gasteiger partial charge in [-0.15, -0.1) is 0 Å². The summed E-state index contributed by atoms with van der Waals surface area (Å²) >= 11 is 2.88. The molecule has 1 saturated heterocycles. The average molecular weight is 322 g/mol. The molecular formula is C12H11BrF3NO. The second kappa shape index (κ2) is 4.91. The molecule has 1 fully saturated rings. The van der Waals surface area contributed by atoms with Gasteiger partial charge in [0.15, 0.2) is 0 Å². The first-order valence-electron chi connectivity index (χ1n) is 5.57. The Kier molecular flexibility index (Phi) is 3.66. The van der Waals surface area contributed by atoms with E-state index >= 15 is 0 Å². The Bertz CT molecular complexity index is 473. The van der Waals surface area contributed by atoms with E-state index in [0.29, 0.717) is 18.7 Å². The molecular weight excluding hydrogens is 311 g/mol. The van der Waals surface area contributed by atoms with Gasteiger partial charge in [-0.1, -0.05) is 15.9 Å². The third-order valence-corrected chi connectivity index (χ3v) is 3.58. The predicted octanol–water partition coefficient (Wildman–Crippen LogP) is 3.98. The van der Waals surface area contributed by atoms with Gasteiger partial charge in [0.2, 0.25) is 5.91 Å². The van der Waals surface area contributed by atoms with Crippen molar-refractivity contribution in [2.45, 2.75) is 25.4 Å². The van der Waals surface area contributed by atoms with Gasteiger partial charge in [0.25, 0.3) is 0 Å². The first-order valence-corrected chi connectivity index (χ1v) is 6.36. The second-order valence-electron chi connectivity index (χ2n) is 4.16. The molecule has 98 valence electrons. The van der Waals surface area contributed by atoms with Gasteiger partial charge < -0.3 is 4.90 Å². The summed E-state index contributed by atoms with van der Waals surface area (Å²) in [5.41, 5.74) is -0.436. The zero-order chi connectivity index (χ0) is 13.3. The molecule has 0 N–H and O–H groups in total. The van der Waals surface area contributed by atoms with Crippen LogP contribution in [0, 0.1) is 0 Å². The predicted molar refractivity (Wildman–Crippen MR) is 65.3 cm³/mol. The molecule has 1 aliphatic rings. The van der Waals surface area contributed by atoms with Gasteiger partial charge in [0.1, 0.15) is 0 Å². The maximum absolute atomic E-state index is 12.8. The van der Waals surface area contributed by atoms with Crippen LogP contribution in [0.4, 0.5) is 18.9 Å². The Labute approximate surface area is 111 Å². The average Bonchev–Trinajstić information content (AvgIpc) is 2.29. The Morgan fingerprint density at radius 2 is 1.94 bits per heavy atom. The lowest BCUT2D eigenvalue weighted by atomic mass is 10.1. The van der Waals surface area contributed by atoms with E-state index < -0.39 is 11.7 Å². The highest BCUT2D eigenvalue weighted by molar-refractivity contribution is 9.10. The first-order chi connectivity index (χ1) is 8.39. The fraction of sp³-hybridized carbons (Fsp3) is 0.417. The number of carbonyl (C=O) groups is 1. The summed E-state index contributed by atoms with van der Waals surface area (Å²) in [6.07, 6.45) is -2.40. The Hall–Kier alpha value is -1.04. The van der Waals surface area contributed by atoms with Crippen LogP contribution in [0.2, 0.25) is 0 Å². The van der Waals surface area contributed by atoms with Crippen molar-refractivity contribution >= 4 is 27.5 Å². The van der Waals surface area contributed by atoms with E-state index in [-0.39, 0.29) is 10.4 Å². The third-order valence-electron chi connectivity index (χ3n) is 2.89. The van der Waals surface area contributed by atoms with Crippen LogP contribution in [0.25, 0.3) is 0 Å². The van der Waals surface area contributed by atoms with Gasteiger partial charge in [-0.05, 0) is 31.0 Å². The van der Waals surface area contributed by atoms with E-state index in [1.165, 1.54) is 17.0 Å². The highest BCUT2D eigenvalue weighted by Crippen LogP contribution is 2.37. The van der Waals surface area contributed by atoms with E-state index in [4.69, 9.17) is 0 Å². The summed E-state index contributed by atoms with van der Waals surface area (Å²) in [4.78, 5) is 13.1. The number of amides is 1. The van der Waals surface area contributed by atoms with E-state index in [9.17, 15) is 18.0 Å². The Morgan fingerprint density at radius 1 is 1.22 bits per heavy atom. The van der Waals surface area contributed by atoms with Crippen molar-refractivity contribution in [3.8, 4) is 0 Å². The van der Waals surface area contributed by atoms with Crippen molar-refractivity contribution in [3.63, 3.8) is 0 Å². The molecule has 1 aliphatic heterocycles. The number of piperidine rings is 1. The van der Waals surface area contributed by atoms with Gasteiger partial charge in [0.05, 0.1) is 5.56 Å². The molecule has 0 atom stereocenters. The number of carbonyl (C=O) groups excluding carboxylic acids is 1. The molecule has 2 rings (SSSR count). The number of alkyl halides is 3. The molecule has 1 amide bonds. The lowest BCUT2D eigenvalue weighted by Crippen LogP contribution is -2.35. The summed E-state index contributed by atoms with van der Waals surface area (Å²) in [6.45, 7) is 0.484. The summed E-state index contributed by atoms with van der Waals surface area (Å²) in [6, 6.07) is 3.88. The summed E-state index contributed by atoms with van der Waals surface area (Å²) in [7, 11) is 0. The summed E-state index contributed by atoms with van der Waals surface area (Å²) < 4.78 is 38.3. The van der Waals surface area contributed by atoms with Gasteiger partial charge >= 0.3 is 6.18 Å². The standard InChI is InChI=1S/C12H11BrF3NO/c13-10-5-4-8(7-9(10)12(14,15)16)17-6-2-1-3-11(17)18/h4-5,7H,1-3,6H2. The highest BCUT2D eigenvalue weighted by Gasteiger charge is 2.34. The van der Waals surface area contributed by atoms with Crippen LogP contribution in [0.3, 0.4) is 0 Å². The SMILES string of the molecule is O=C1CCCCN1c1ccc(Br)c(C(F)(F)F)c1. The molecule has 0 aliphatic carbocycles. The summed E-state index contributed by atoms with van der Waals surface area (Å²) in [5.74, 6) is -0.114. The van der Waals surface area contributed by atoms with Gasteiger partial charge in [-0.25, -0.2) is 0 Å². The topological polar surface area (TPSA) is 20.3 Å². The quantitative estimate of drug-likeness (QED) is 0.766. The fourth-order valence-electron chi connectivity index (χ4n) is 1.98. The maximum Gasteiger partial charge on any atom is 0.417 e. The fourth-order valence-corrected chi connectivity index (χ4v) is 2.45. The van der Waals surface area contributed by atoms with Crippen molar-refractivity contribution in [1.82, 2.24) is 0 Å². The van der Waals surface area contributed by atoms with Gasteiger partial charge in [-0.3, -0.25) is 4.79 Å². The molecule has 0 aromatic heterocycles. The molecule has 0 bridgehead atoms. The number of hydrogen-bond donors (Lipinski definition) is 0. The molecule has 1 heterocycles. The van der Waals surface area contributed by atoms with E-state index in [0.717, 1.165) is 18.9 Å². The number of benzene rings is 1. The monoisotopic (exact) mass is 321 g/mol. The largest absolute Gasteiger partial charge is 0.417 e. The van der Waals surface area contributed by atoms with E-state index in [2.05, 4.69) is 15.9 Å². The van der Waals surface area contributed by atoms with Crippen LogP contribution in [0.5, 0.6) is 0 Å². The number of nitrogens with zero attached hydrogens (tertiary/aromatic N) is 1. The minimum Gasteiger partial charge on any atom is -0.312 e. The van der Waals surface area contributed by atoms with Crippen LogP contribution < -0.4 is 4.90 Å². The number of hydrogen-bond acceptors (Lipinski definition) is 1. The smallest absolute Gasteiger partial charge is 0.312 e. The number of rotatable bonds is 1. The maximum atomic E-state index is 12.8. The van der Waals surface area contributed by atoms with Gasteiger partial charge in [-0.2, -0.15) is 13.2 Å². The molecule has 0 saturated carbocycles. The second-order valence-corrected chi connectivity index (χ2v) is 5.02. The lowest BCUT2D eigenvalue weighted by Gasteiger charge is -2.27. The molecule has 1 aromatic carbocycles. The van der Waals surface area contributed by atoms with Crippen molar-refractivity contribution in [2.75, 3.05) is 11.4 Å². The normalized spacial score (nSPS) is 17.1. The molecule has 0 radical (unpaired) electrons. The van der Waals surface area contributed by atoms with Crippen LogP contribution in [0.1, 0.15) is 24.8 Å². The van der Waals surface area contributed by atoms with Crippen molar-refractivity contribution < 1.29 is 18.0 Å². The van der Waals surface area contributed by atoms with Crippen LogP contribution in [0.15, 0.2) is 22.7 Å². The molecule has 2 nitrogen and oxygen atoms in total. The van der Waals surface area contributed by atoms with Crippen molar-refractivity contribution in [3.05, 3.63) is 28.2 Å². The summed E-state index contributed by atoms with van der Waals surface area (Å²) in [5, 5.41) is 0. The van der Waals surface area contributed by atoms with Crippen LogP contribution >= 0.6 is 15.9 Å². The minimum absolute atomic E-state index is 0.0109. The van der Waals surface area contributed by atoms with Crippen molar-refractivity contribution in [2.24, 2.45) is 0 Å². The third kappa shape index (κ3) is 2.68. The highest BCUT2D eigenvalue weighted by atomic mass is 79.9. The molecule has 0 spiro atoms. The van der Waals surface area contributed by atoms with Crippen LogP contribution in [-0.2, 0) is 11.0 Å². The minimum atomic E-state index is -4.42. The number of anilines is 1. The Balaban J connectivity index is 2.37. The van der Waals surface area contributed by atoms with Gasteiger partial charge in [0, 0.05) is 23.1 Å². The zero-order valence-electron chi connectivity index (χ0n) is 9.43.